The molecule has 0 aromatic heterocycles. The zero-order valence-corrected chi connectivity index (χ0v) is 20.8. The van der Waals surface area contributed by atoms with Gasteiger partial charge in [0.25, 0.3) is 0 Å². The van der Waals surface area contributed by atoms with Crippen molar-refractivity contribution in [2.45, 2.75) is 71.9 Å². The molecule has 0 aliphatic heterocycles. The number of nitrogens with zero attached hydrogens (tertiary/aromatic N) is 3. The summed E-state index contributed by atoms with van der Waals surface area (Å²) < 4.78 is 0. The number of hydrogen-bond donors (Lipinski definition) is 2. The Hall–Kier alpha value is -0.570. The Bertz CT molecular complexity index is 451. The number of nitrogens with one attached hydrogen (secondary N) is 2. The van der Waals surface area contributed by atoms with E-state index in [0.717, 1.165) is 51.2 Å². The van der Waals surface area contributed by atoms with E-state index in [0.29, 0.717) is 18.6 Å². The van der Waals surface area contributed by atoms with Crippen LogP contribution in [0.25, 0.3) is 0 Å². The molecule has 1 rings (SSSR count). The van der Waals surface area contributed by atoms with Gasteiger partial charge in [-0.05, 0) is 47.0 Å². The maximum Gasteiger partial charge on any atom is 0.230 e. The van der Waals surface area contributed by atoms with Crippen LogP contribution in [0.3, 0.4) is 0 Å². The Morgan fingerprint density at radius 3 is 2.07 bits per heavy atom. The monoisotopic (exact) mass is 495 g/mol. The van der Waals surface area contributed by atoms with Crippen LogP contribution in [-0.2, 0) is 4.79 Å². The predicted molar refractivity (Wildman–Crippen MR) is 126 cm³/mol. The van der Waals surface area contributed by atoms with Gasteiger partial charge in [0.1, 0.15) is 0 Å². The number of carbonyl (C=O) groups is 1. The summed E-state index contributed by atoms with van der Waals surface area (Å²) in [5.74, 6) is 1.03. The molecule has 0 unspecified atom stereocenters. The van der Waals surface area contributed by atoms with Crippen LogP contribution in [0.1, 0.15) is 59.8 Å². The Kier molecular flexibility index (Phi) is 12.5. The molecule has 0 radical (unpaired) electrons. The van der Waals surface area contributed by atoms with Crippen molar-refractivity contribution in [1.29, 1.82) is 0 Å². The fraction of sp³-hybridized carbons (Fsp3) is 0.900. The molecular formula is C20H42IN5O. The number of hydrogen-bond acceptors (Lipinski definition) is 3. The SMILES string of the molecule is CN=C(NCCCN(C(C)C)C(C)C)NCC1(C(=O)N(C)C)CCCC1.I. The third-order valence-electron chi connectivity index (χ3n) is 5.45. The fourth-order valence-corrected chi connectivity index (χ4v) is 4.05. The molecule has 27 heavy (non-hydrogen) atoms. The van der Waals surface area contributed by atoms with Gasteiger partial charge in [0.2, 0.25) is 5.91 Å². The lowest BCUT2D eigenvalue weighted by Crippen LogP contribution is -2.49. The first-order valence-corrected chi connectivity index (χ1v) is 10.2. The fourth-order valence-electron chi connectivity index (χ4n) is 4.05. The second-order valence-corrected chi connectivity index (χ2v) is 8.32. The molecule has 7 heteroatoms. The van der Waals surface area contributed by atoms with Crippen molar-refractivity contribution in [1.82, 2.24) is 20.4 Å². The van der Waals surface area contributed by atoms with E-state index in [1.54, 1.807) is 11.9 Å². The second-order valence-electron chi connectivity index (χ2n) is 8.32. The van der Waals surface area contributed by atoms with Crippen molar-refractivity contribution in [3.8, 4) is 0 Å². The van der Waals surface area contributed by atoms with Crippen LogP contribution < -0.4 is 10.6 Å². The molecule has 0 aromatic rings. The van der Waals surface area contributed by atoms with E-state index in [4.69, 9.17) is 0 Å². The molecule has 1 saturated carbocycles. The Morgan fingerprint density at radius 1 is 1.07 bits per heavy atom. The zero-order chi connectivity index (χ0) is 19.7. The number of carbonyl (C=O) groups excluding carboxylic acids is 1. The first kappa shape index (κ1) is 26.4. The molecule has 6 nitrogen and oxygen atoms in total. The van der Waals surface area contributed by atoms with Gasteiger partial charge < -0.3 is 15.5 Å². The molecule has 0 heterocycles. The van der Waals surface area contributed by atoms with Crippen molar-refractivity contribution in [2.24, 2.45) is 10.4 Å². The highest BCUT2D eigenvalue weighted by molar-refractivity contribution is 14.0. The summed E-state index contributed by atoms with van der Waals surface area (Å²) in [6, 6.07) is 1.12. The number of aliphatic imine (C=N–C) groups is 1. The highest BCUT2D eigenvalue weighted by Crippen LogP contribution is 2.38. The average molecular weight is 495 g/mol. The highest BCUT2D eigenvalue weighted by Gasteiger charge is 2.42. The first-order valence-electron chi connectivity index (χ1n) is 10.2. The molecule has 1 aliphatic carbocycles. The topological polar surface area (TPSA) is 60.0 Å². The molecule has 2 N–H and O–H groups in total. The van der Waals surface area contributed by atoms with Gasteiger partial charge in [-0.3, -0.25) is 14.7 Å². The normalized spacial score (nSPS) is 16.6. The van der Waals surface area contributed by atoms with Crippen molar-refractivity contribution in [3.05, 3.63) is 0 Å². The van der Waals surface area contributed by atoms with Crippen LogP contribution in [0.5, 0.6) is 0 Å². The summed E-state index contributed by atoms with van der Waals surface area (Å²) in [6.07, 6.45) is 5.26. The van der Waals surface area contributed by atoms with E-state index in [1.165, 1.54) is 0 Å². The minimum Gasteiger partial charge on any atom is -0.356 e. The van der Waals surface area contributed by atoms with Gasteiger partial charge in [-0.2, -0.15) is 0 Å². The summed E-state index contributed by atoms with van der Waals surface area (Å²) in [4.78, 5) is 21.2. The maximum atomic E-state index is 12.7. The van der Waals surface area contributed by atoms with Crippen molar-refractivity contribution in [3.63, 3.8) is 0 Å². The highest BCUT2D eigenvalue weighted by atomic mass is 127. The maximum absolute atomic E-state index is 12.7. The van der Waals surface area contributed by atoms with Gasteiger partial charge in [0, 0.05) is 52.9 Å². The van der Waals surface area contributed by atoms with E-state index in [2.05, 4.69) is 48.2 Å². The first-order chi connectivity index (χ1) is 12.2. The smallest absolute Gasteiger partial charge is 0.230 e. The minimum atomic E-state index is -0.271. The minimum absolute atomic E-state index is 0. The molecule has 0 atom stereocenters. The molecule has 160 valence electrons. The van der Waals surface area contributed by atoms with E-state index in [9.17, 15) is 4.79 Å². The predicted octanol–water partition coefficient (Wildman–Crippen LogP) is 2.93. The number of guanidine groups is 1. The second kappa shape index (κ2) is 12.8. The number of halogens is 1. The van der Waals surface area contributed by atoms with E-state index in [-0.39, 0.29) is 35.3 Å². The lowest BCUT2D eigenvalue weighted by atomic mass is 9.84. The summed E-state index contributed by atoms with van der Waals surface area (Å²) in [5, 5.41) is 6.80. The lowest BCUT2D eigenvalue weighted by Gasteiger charge is -2.32. The van der Waals surface area contributed by atoms with Gasteiger partial charge >= 0.3 is 0 Å². The quantitative estimate of drug-likeness (QED) is 0.224. The Morgan fingerprint density at radius 2 is 1.63 bits per heavy atom. The van der Waals surface area contributed by atoms with Crippen molar-refractivity contribution < 1.29 is 4.79 Å². The van der Waals surface area contributed by atoms with Gasteiger partial charge in [-0.15, -0.1) is 24.0 Å². The molecule has 0 aromatic carbocycles. The zero-order valence-electron chi connectivity index (χ0n) is 18.5. The van der Waals surface area contributed by atoms with Crippen molar-refractivity contribution >= 4 is 35.8 Å². The van der Waals surface area contributed by atoms with Crippen LogP contribution >= 0.6 is 24.0 Å². The Balaban J connectivity index is 0.00000676. The summed E-state index contributed by atoms with van der Waals surface area (Å²) in [6.45, 7) is 11.6. The molecule has 0 saturated heterocycles. The summed E-state index contributed by atoms with van der Waals surface area (Å²) in [5.41, 5.74) is -0.271. The van der Waals surface area contributed by atoms with Crippen molar-refractivity contribution in [2.75, 3.05) is 40.8 Å². The molecule has 1 aliphatic rings. The third-order valence-corrected chi connectivity index (χ3v) is 5.45. The third kappa shape index (κ3) is 8.13. The molecule has 0 spiro atoms. The van der Waals surface area contributed by atoms with Crippen LogP contribution in [-0.4, -0.2) is 74.5 Å². The van der Waals surface area contributed by atoms with Crippen LogP contribution in [0.2, 0.25) is 0 Å². The standard InChI is InChI=1S/C20H41N5O.HI/c1-16(2)25(17(3)4)14-10-13-22-19(21-5)23-15-20(11-8-9-12-20)18(26)24(6)7;/h16-17H,8-15H2,1-7H3,(H2,21,22,23);1H. The van der Waals surface area contributed by atoms with Crippen LogP contribution in [0.4, 0.5) is 0 Å². The molecule has 1 amide bonds. The van der Waals surface area contributed by atoms with Crippen LogP contribution in [0.15, 0.2) is 4.99 Å². The molecular weight excluding hydrogens is 453 g/mol. The molecule has 1 fully saturated rings. The van der Waals surface area contributed by atoms with Gasteiger partial charge in [0.05, 0.1) is 5.41 Å². The van der Waals surface area contributed by atoms with Crippen LogP contribution in [0, 0.1) is 5.41 Å². The van der Waals surface area contributed by atoms with E-state index < -0.39 is 0 Å². The lowest BCUT2D eigenvalue weighted by molar-refractivity contribution is -0.138. The average Bonchev–Trinajstić information content (AvgIpc) is 3.05. The Labute approximate surface area is 183 Å². The van der Waals surface area contributed by atoms with Gasteiger partial charge in [-0.1, -0.05) is 12.8 Å². The number of rotatable bonds is 9. The largest absolute Gasteiger partial charge is 0.356 e. The summed E-state index contributed by atoms with van der Waals surface area (Å²) in [7, 11) is 5.49. The number of amides is 1. The van der Waals surface area contributed by atoms with E-state index in [1.807, 2.05) is 14.1 Å². The molecule has 0 bridgehead atoms. The van der Waals surface area contributed by atoms with Gasteiger partial charge in [0.15, 0.2) is 5.96 Å². The summed E-state index contributed by atoms with van der Waals surface area (Å²) >= 11 is 0. The van der Waals surface area contributed by atoms with Gasteiger partial charge in [-0.25, -0.2) is 0 Å². The van der Waals surface area contributed by atoms with E-state index >= 15 is 0 Å².